The molecule has 0 aliphatic heterocycles. The summed E-state index contributed by atoms with van der Waals surface area (Å²) in [5, 5.41) is 10.8. The van der Waals surface area contributed by atoms with Gasteiger partial charge in [0.25, 0.3) is 5.91 Å². The van der Waals surface area contributed by atoms with E-state index in [1.165, 1.54) is 10.6 Å². The minimum Gasteiger partial charge on any atom is -0.480 e. The number of hydrogen-bond acceptors (Lipinski definition) is 2. The summed E-state index contributed by atoms with van der Waals surface area (Å²) in [6.45, 7) is 0. The van der Waals surface area contributed by atoms with Gasteiger partial charge in [-0.3, -0.25) is 4.79 Å². The first-order valence-electron chi connectivity index (χ1n) is 4.95. The first kappa shape index (κ1) is 14.6. The van der Waals surface area contributed by atoms with Crippen LogP contribution < -0.4 is 5.32 Å². The first-order valence-corrected chi connectivity index (χ1v) is 5.74. The number of hydrogen-bond donors (Lipinski definition) is 2. The fourth-order valence-electron chi connectivity index (χ4n) is 1.38. The molecule has 0 aliphatic rings. The second-order valence-corrected chi connectivity index (χ2v) is 4.56. The zero-order valence-electron chi connectivity index (χ0n) is 9.36. The zero-order valence-corrected chi connectivity index (χ0v) is 10.9. The van der Waals surface area contributed by atoms with E-state index in [1.54, 1.807) is 13.2 Å². The van der Waals surface area contributed by atoms with Crippen LogP contribution in [-0.4, -0.2) is 34.0 Å². The Balaban J connectivity index is 2.78. The highest BCUT2D eigenvalue weighted by Crippen LogP contribution is 2.14. The normalized spacial score (nSPS) is 12.5. The summed E-state index contributed by atoms with van der Waals surface area (Å²) < 4.78 is 26.4. The van der Waals surface area contributed by atoms with Crippen LogP contribution in [0.1, 0.15) is 16.9 Å². The number of carboxylic acid groups (broad SMARTS) is 1. The van der Waals surface area contributed by atoms with Gasteiger partial charge in [0.05, 0.1) is 0 Å². The number of carboxylic acids is 1. The van der Waals surface area contributed by atoms with E-state index in [-0.39, 0.29) is 5.69 Å². The SMILES string of the molecule is Cn1cc(Br)cc1C(=O)NC(CC(F)F)C(=O)O. The molecule has 0 aromatic carbocycles. The van der Waals surface area contributed by atoms with Crippen LogP contribution in [0.5, 0.6) is 0 Å². The van der Waals surface area contributed by atoms with Gasteiger partial charge in [-0.1, -0.05) is 0 Å². The third-order valence-electron chi connectivity index (χ3n) is 2.22. The van der Waals surface area contributed by atoms with Crippen LogP contribution in [0.15, 0.2) is 16.7 Å². The van der Waals surface area contributed by atoms with Crippen molar-refractivity contribution in [3.05, 3.63) is 22.4 Å². The summed E-state index contributed by atoms with van der Waals surface area (Å²) in [5.74, 6) is -2.20. The maximum absolute atomic E-state index is 12.2. The number of amides is 1. The molecule has 1 aromatic heterocycles. The predicted octanol–water partition coefficient (Wildman–Crippen LogP) is 1.63. The molecule has 0 bridgehead atoms. The molecule has 0 radical (unpaired) electrons. The highest BCUT2D eigenvalue weighted by molar-refractivity contribution is 9.10. The molecule has 0 fully saturated rings. The van der Waals surface area contributed by atoms with Crippen LogP contribution in [0.2, 0.25) is 0 Å². The van der Waals surface area contributed by atoms with E-state index in [1.807, 2.05) is 0 Å². The van der Waals surface area contributed by atoms with E-state index in [0.717, 1.165) is 0 Å². The lowest BCUT2D eigenvalue weighted by atomic mass is 10.2. The van der Waals surface area contributed by atoms with Crippen molar-refractivity contribution in [2.75, 3.05) is 0 Å². The molecule has 8 heteroatoms. The van der Waals surface area contributed by atoms with Crippen molar-refractivity contribution < 1.29 is 23.5 Å². The zero-order chi connectivity index (χ0) is 13.9. The Morgan fingerprint density at radius 1 is 1.56 bits per heavy atom. The number of rotatable bonds is 5. The fraction of sp³-hybridized carbons (Fsp3) is 0.400. The maximum Gasteiger partial charge on any atom is 0.326 e. The summed E-state index contributed by atoms with van der Waals surface area (Å²) >= 11 is 3.15. The number of halogens is 3. The van der Waals surface area contributed by atoms with Gasteiger partial charge in [-0.15, -0.1) is 0 Å². The van der Waals surface area contributed by atoms with Gasteiger partial charge in [-0.2, -0.15) is 0 Å². The number of aryl methyl sites for hydroxylation is 1. The standard InChI is InChI=1S/C10H11BrF2N2O3/c1-15-4-5(11)2-7(15)9(16)14-6(10(17)18)3-8(12)13/h2,4,6,8H,3H2,1H3,(H,14,16)(H,17,18). The highest BCUT2D eigenvalue weighted by atomic mass is 79.9. The van der Waals surface area contributed by atoms with Crippen molar-refractivity contribution in [3.63, 3.8) is 0 Å². The number of aliphatic carboxylic acids is 1. The molecular weight excluding hydrogens is 314 g/mol. The van der Waals surface area contributed by atoms with Crippen molar-refractivity contribution in [2.24, 2.45) is 7.05 Å². The Labute approximate surface area is 110 Å². The summed E-state index contributed by atoms with van der Waals surface area (Å²) in [6.07, 6.45) is -2.13. The topological polar surface area (TPSA) is 71.3 Å². The molecule has 0 saturated carbocycles. The molecule has 1 rings (SSSR count). The Hall–Kier alpha value is -1.44. The molecule has 1 atom stereocenters. The lowest BCUT2D eigenvalue weighted by molar-refractivity contribution is -0.140. The number of carbonyl (C=O) groups is 2. The van der Waals surface area contributed by atoms with E-state index in [4.69, 9.17) is 5.11 Å². The molecular formula is C10H11BrF2N2O3. The van der Waals surface area contributed by atoms with E-state index in [2.05, 4.69) is 21.2 Å². The Morgan fingerprint density at radius 3 is 2.56 bits per heavy atom. The van der Waals surface area contributed by atoms with Gasteiger partial charge < -0.3 is 15.0 Å². The van der Waals surface area contributed by atoms with Crippen molar-refractivity contribution in [2.45, 2.75) is 18.9 Å². The van der Waals surface area contributed by atoms with E-state index in [9.17, 15) is 18.4 Å². The molecule has 0 aliphatic carbocycles. The van der Waals surface area contributed by atoms with Crippen LogP contribution >= 0.6 is 15.9 Å². The third-order valence-corrected chi connectivity index (χ3v) is 2.66. The number of aromatic nitrogens is 1. The highest BCUT2D eigenvalue weighted by Gasteiger charge is 2.25. The smallest absolute Gasteiger partial charge is 0.326 e. The second kappa shape index (κ2) is 5.94. The van der Waals surface area contributed by atoms with Crippen LogP contribution in [0.25, 0.3) is 0 Å². The molecule has 1 aromatic rings. The monoisotopic (exact) mass is 324 g/mol. The van der Waals surface area contributed by atoms with Crippen LogP contribution in [0.4, 0.5) is 8.78 Å². The van der Waals surface area contributed by atoms with Gasteiger partial charge in [0.15, 0.2) is 0 Å². The summed E-state index contributed by atoms with van der Waals surface area (Å²) in [7, 11) is 1.59. The lowest BCUT2D eigenvalue weighted by Gasteiger charge is -2.14. The van der Waals surface area contributed by atoms with Gasteiger partial charge in [-0.05, 0) is 22.0 Å². The fourth-order valence-corrected chi connectivity index (χ4v) is 1.91. The van der Waals surface area contributed by atoms with Crippen molar-refractivity contribution in [1.29, 1.82) is 0 Å². The van der Waals surface area contributed by atoms with Gasteiger partial charge in [0.1, 0.15) is 11.7 Å². The number of nitrogens with zero attached hydrogens (tertiary/aromatic N) is 1. The van der Waals surface area contributed by atoms with Gasteiger partial charge in [0, 0.05) is 24.1 Å². The minimum atomic E-state index is -2.80. The molecule has 0 spiro atoms. The number of alkyl halides is 2. The van der Waals surface area contributed by atoms with Crippen LogP contribution in [-0.2, 0) is 11.8 Å². The third kappa shape index (κ3) is 3.80. The van der Waals surface area contributed by atoms with E-state index >= 15 is 0 Å². The van der Waals surface area contributed by atoms with Crippen molar-refractivity contribution >= 4 is 27.8 Å². The van der Waals surface area contributed by atoms with Crippen molar-refractivity contribution in [1.82, 2.24) is 9.88 Å². The largest absolute Gasteiger partial charge is 0.480 e. The Kier molecular flexibility index (Phi) is 4.83. The quantitative estimate of drug-likeness (QED) is 0.864. The minimum absolute atomic E-state index is 0.183. The maximum atomic E-state index is 12.2. The van der Waals surface area contributed by atoms with E-state index in [0.29, 0.717) is 4.47 Å². The average molecular weight is 325 g/mol. The van der Waals surface area contributed by atoms with Crippen LogP contribution in [0, 0.1) is 0 Å². The molecule has 18 heavy (non-hydrogen) atoms. The second-order valence-electron chi connectivity index (χ2n) is 3.65. The molecule has 1 amide bonds. The lowest BCUT2D eigenvalue weighted by Crippen LogP contribution is -2.42. The molecule has 1 heterocycles. The molecule has 1 unspecified atom stereocenters. The first-order chi connectivity index (χ1) is 8.31. The average Bonchev–Trinajstić information content (AvgIpc) is 2.56. The van der Waals surface area contributed by atoms with Crippen LogP contribution in [0.3, 0.4) is 0 Å². The van der Waals surface area contributed by atoms with Gasteiger partial charge in [0.2, 0.25) is 6.43 Å². The Bertz CT molecular complexity index is 462. The summed E-state index contributed by atoms with van der Waals surface area (Å²) in [6, 6.07) is -0.137. The molecule has 5 nitrogen and oxygen atoms in total. The molecule has 0 saturated heterocycles. The summed E-state index contributed by atoms with van der Waals surface area (Å²) in [4.78, 5) is 22.4. The van der Waals surface area contributed by atoms with E-state index < -0.39 is 30.8 Å². The summed E-state index contributed by atoms with van der Waals surface area (Å²) in [5.41, 5.74) is 0.183. The molecule has 100 valence electrons. The van der Waals surface area contributed by atoms with Crippen molar-refractivity contribution in [3.8, 4) is 0 Å². The molecule has 2 N–H and O–H groups in total. The number of nitrogens with one attached hydrogen (secondary N) is 1. The van der Waals surface area contributed by atoms with Gasteiger partial charge >= 0.3 is 5.97 Å². The number of carbonyl (C=O) groups excluding carboxylic acids is 1. The predicted molar refractivity (Wildman–Crippen MR) is 62.6 cm³/mol. The Morgan fingerprint density at radius 2 is 2.17 bits per heavy atom. The van der Waals surface area contributed by atoms with Gasteiger partial charge in [-0.25, -0.2) is 13.6 Å².